The van der Waals surface area contributed by atoms with E-state index in [1.807, 2.05) is 0 Å². The maximum absolute atomic E-state index is 12.3. The zero-order valence-corrected chi connectivity index (χ0v) is 9.72. The Morgan fingerprint density at radius 2 is 1.94 bits per heavy atom. The first-order valence-electron chi connectivity index (χ1n) is 4.83. The van der Waals surface area contributed by atoms with Crippen LogP contribution in [0.25, 0.3) is 0 Å². The molecule has 0 aliphatic carbocycles. The van der Waals surface area contributed by atoms with Crippen molar-refractivity contribution in [1.82, 2.24) is 5.32 Å². The second-order valence-corrected chi connectivity index (χ2v) is 3.49. The lowest BCUT2D eigenvalue weighted by molar-refractivity contribution is -0.138. The fraction of sp³-hybridized carbons (Fsp3) is 0.600. The van der Waals surface area contributed by atoms with Gasteiger partial charge in [-0.2, -0.15) is 0 Å². The van der Waals surface area contributed by atoms with Crippen LogP contribution in [0.3, 0.4) is 0 Å². The third kappa shape index (κ3) is 9.28. The molecule has 0 aliphatic rings. The number of alkyl halides is 2. The Hall–Kier alpha value is -1.66. The molecular formula is C10H15F2NO4. The molecule has 5 nitrogen and oxygen atoms in total. The maximum Gasteiger partial charge on any atom is 0.407 e. The molecule has 7 heteroatoms. The summed E-state index contributed by atoms with van der Waals surface area (Å²) in [5, 5.41) is 2.15. The summed E-state index contributed by atoms with van der Waals surface area (Å²) >= 11 is 0. The fourth-order valence-corrected chi connectivity index (χ4v) is 0.663. The zero-order chi connectivity index (χ0) is 13.5. The highest BCUT2D eigenvalue weighted by molar-refractivity contribution is 5.86. The molecule has 0 fully saturated rings. The van der Waals surface area contributed by atoms with Crippen LogP contribution in [0.5, 0.6) is 0 Å². The van der Waals surface area contributed by atoms with Gasteiger partial charge in [0, 0.05) is 12.5 Å². The number of amides is 1. The highest BCUT2D eigenvalue weighted by Crippen LogP contribution is 2.10. The monoisotopic (exact) mass is 251 g/mol. The van der Waals surface area contributed by atoms with Crippen LogP contribution in [0.1, 0.15) is 13.8 Å². The number of esters is 1. The lowest BCUT2D eigenvalue weighted by Gasteiger charge is -2.11. The number of hydrogen-bond donors (Lipinski definition) is 1. The smallest absolute Gasteiger partial charge is 0.407 e. The first kappa shape index (κ1) is 15.3. The van der Waals surface area contributed by atoms with E-state index in [9.17, 15) is 18.4 Å². The predicted molar refractivity (Wildman–Crippen MR) is 55.7 cm³/mol. The van der Waals surface area contributed by atoms with Crippen molar-refractivity contribution in [3.8, 4) is 0 Å². The highest BCUT2D eigenvalue weighted by atomic mass is 19.3. The van der Waals surface area contributed by atoms with Crippen molar-refractivity contribution in [1.29, 1.82) is 0 Å². The molecule has 17 heavy (non-hydrogen) atoms. The molecule has 0 radical (unpaired) electrons. The fourth-order valence-electron chi connectivity index (χ4n) is 0.663. The lowest BCUT2D eigenvalue weighted by Crippen LogP contribution is -2.32. The molecule has 0 aromatic heterocycles. The first-order valence-corrected chi connectivity index (χ1v) is 4.83. The first-order chi connectivity index (χ1) is 7.72. The molecule has 0 saturated heterocycles. The summed E-state index contributed by atoms with van der Waals surface area (Å²) in [6.07, 6.45) is -0.988. The van der Waals surface area contributed by atoms with Crippen LogP contribution in [-0.2, 0) is 14.3 Å². The van der Waals surface area contributed by atoms with Gasteiger partial charge < -0.3 is 14.8 Å². The lowest BCUT2D eigenvalue weighted by atomic mass is 10.4. The topological polar surface area (TPSA) is 64.6 Å². The summed E-state index contributed by atoms with van der Waals surface area (Å²) in [6.45, 7) is 4.37. The summed E-state index contributed by atoms with van der Waals surface area (Å²) in [5.41, 5.74) is 0.234. The number of rotatable bonds is 6. The summed E-state index contributed by atoms with van der Waals surface area (Å²) in [6, 6.07) is 0. The average molecular weight is 251 g/mol. The molecule has 0 heterocycles. The Morgan fingerprint density at radius 1 is 1.35 bits per heavy atom. The van der Waals surface area contributed by atoms with E-state index >= 15 is 0 Å². The maximum atomic E-state index is 12.3. The van der Waals surface area contributed by atoms with Gasteiger partial charge in [0.05, 0.1) is 6.54 Å². The van der Waals surface area contributed by atoms with Gasteiger partial charge in [0.2, 0.25) is 0 Å². The quantitative estimate of drug-likeness (QED) is 0.441. The molecule has 0 atom stereocenters. The summed E-state index contributed by atoms with van der Waals surface area (Å²) in [5.74, 6) is -3.65. The van der Waals surface area contributed by atoms with Gasteiger partial charge in [-0.3, -0.25) is 0 Å². The third-order valence-electron chi connectivity index (χ3n) is 1.41. The van der Waals surface area contributed by atoms with Crippen molar-refractivity contribution >= 4 is 12.1 Å². The molecule has 1 N–H and O–H groups in total. The van der Waals surface area contributed by atoms with Gasteiger partial charge in [-0.15, -0.1) is 0 Å². The molecule has 0 bridgehead atoms. The van der Waals surface area contributed by atoms with Crippen LogP contribution in [0.4, 0.5) is 13.6 Å². The summed E-state index contributed by atoms with van der Waals surface area (Å²) < 4.78 is 33.4. The van der Waals surface area contributed by atoms with E-state index < -0.39 is 24.6 Å². The Kier molecular flexibility index (Phi) is 6.16. The van der Waals surface area contributed by atoms with E-state index in [1.54, 1.807) is 0 Å². The van der Waals surface area contributed by atoms with E-state index in [4.69, 9.17) is 0 Å². The molecule has 0 unspecified atom stereocenters. The molecule has 0 aromatic carbocycles. The molecule has 98 valence electrons. The molecule has 0 rings (SSSR count). The van der Waals surface area contributed by atoms with E-state index in [1.165, 1.54) is 6.92 Å². The van der Waals surface area contributed by atoms with Gasteiger partial charge in [0.15, 0.2) is 6.61 Å². The van der Waals surface area contributed by atoms with Gasteiger partial charge in [0.1, 0.15) is 6.61 Å². The zero-order valence-electron chi connectivity index (χ0n) is 9.72. The van der Waals surface area contributed by atoms with Gasteiger partial charge in [-0.05, 0) is 6.92 Å². The van der Waals surface area contributed by atoms with Crippen LogP contribution >= 0.6 is 0 Å². The van der Waals surface area contributed by atoms with Crippen molar-refractivity contribution in [3.05, 3.63) is 12.2 Å². The number of halogens is 2. The number of ether oxygens (including phenoxy) is 2. The number of carbonyl (C=O) groups is 2. The largest absolute Gasteiger partial charge is 0.460 e. The molecule has 0 aliphatic heterocycles. The predicted octanol–water partition coefficient (Wildman–Crippen LogP) is 1.49. The van der Waals surface area contributed by atoms with Crippen molar-refractivity contribution in [3.63, 3.8) is 0 Å². The number of alkyl carbamates (subject to hydrolysis) is 1. The van der Waals surface area contributed by atoms with Crippen LogP contribution in [-0.4, -0.2) is 37.7 Å². The van der Waals surface area contributed by atoms with Crippen molar-refractivity contribution in [2.24, 2.45) is 0 Å². The van der Waals surface area contributed by atoms with Crippen LogP contribution in [0.2, 0.25) is 0 Å². The van der Waals surface area contributed by atoms with Gasteiger partial charge in [0.25, 0.3) is 5.92 Å². The van der Waals surface area contributed by atoms with E-state index in [0.29, 0.717) is 6.92 Å². The minimum atomic E-state index is -3.07. The minimum absolute atomic E-state index is 0.0207. The van der Waals surface area contributed by atoms with Gasteiger partial charge in [-0.1, -0.05) is 6.58 Å². The Bertz CT molecular complexity index is 299. The third-order valence-corrected chi connectivity index (χ3v) is 1.41. The van der Waals surface area contributed by atoms with Gasteiger partial charge >= 0.3 is 12.1 Å². The molecule has 0 saturated carbocycles. The highest BCUT2D eigenvalue weighted by Gasteiger charge is 2.23. The SMILES string of the molecule is C=C(C)C(=O)OCCNC(=O)OCC(C)(F)F. The van der Waals surface area contributed by atoms with Crippen LogP contribution in [0, 0.1) is 0 Å². The van der Waals surface area contributed by atoms with Crippen molar-refractivity contribution in [2.45, 2.75) is 19.8 Å². The summed E-state index contributed by atoms with van der Waals surface area (Å²) in [7, 11) is 0. The molecule has 0 spiro atoms. The van der Waals surface area contributed by atoms with Crippen molar-refractivity contribution < 1.29 is 27.8 Å². The van der Waals surface area contributed by atoms with Crippen LogP contribution < -0.4 is 5.32 Å². The average Bonchev–Trinajstić information content (AvgIpc) is 2.20. The van der Waals surface area contributed by atoms with Crippen molar-refractivity contribution in [2.75, 3.05) is 19.8 Å². The minimum Gasteiger partial charge on any atom is -0.460 e. The molecular weight excluding hydrogens is 236 g/mol. The van der Waals surface area contributed by atoms with Crippen LogP contribution in [0.15, 0.2) is 12.2 Å². The normalized spacial score (nSPS) is 10.6. The Labute approximate surface area is 97.8 Å². The van der Waals surface area contributed by atoms with E-state index in [-0.39, 0.29) is 18.7 Å². The summed E-state index contributed by atoms with van der Waals surface area (Å²) in [4.78, 5) is 21.7. The standard InChI is InChI=1S/C10H15F2NO4/c1-7(2)8(14)16-5-4-13-9(15)17-6-10(3,11)12/h1,4-6H2,2-3H3,(H,13,15). The second kappa shape index (κ2) is 6.82. The Balaban J connectivity index is 3.59. The van der Waals surface area contributed by atoms with E-state index in [0.717, 1.165) is 0 Å². The Morgan fingerprint density at radius 3 is 2.41 bits per heavy atom. The number of hydrogen-bond acceptors (Lipinski definition) is 4. The molecule has 0 aromatic rings. The second-order valence-electron chi connectivity index (χ2n) is 3.49. The number of nitrogens with one attached hydrogen (secondary N) is 1. The van der Waals surface area contributed by atoms with E-state index in [2.05, 4.69) is 21.4 Å². The number of carbonyl (C=O) groups excluding carboxylic acids is 2. The van der Waals surface area contributed by atoms with Gasteiger partial charge in [-0.25, -0.2) is 18.4 Å². The molecule has 1 amide bonds.